The molecule has 0 aliphatic heterocycles. The van der Waals surface area contributed by atoms with Gasteiger partial charge in [0, 0.05) is 42.6 Å². The largest absolute Gasteiger partial charge is 0.411 e. The van der Waals surface area contributed by atoms with E-state index in [9.17, 15) is 4.79 Å². The van der Waals surface area contributed by atoms with Crippen LogP contribution in [0.15, 0.2) is 44.0 Å². The second kappa shape index (κ2) is 16.0. The molecule has 1 heterocycles. The lowest BCUT2D eigenvalue weighted by Gasteiger charge is -2.08. The fourth-order valence-corrected chi connectivity index (χ4v) is 3.40. The first-order valence-corrected chi connectivity index (χ1v) is 12.6. The molecule has 192 valence electrons. The molecule has 0 aliphatic carbocycles. The fourth-order valence-electron chi connectivity index (χ4n) is 2.78. The number of thioether (sulfide) groups is 1. The van der Waals surface area contributed by atoms with Crippen molar-refractivity contribution in [1.82, 2.24) is 15.5 Å². The number of benzene rings is 1. The number of amides is 1. The van der Waals surface area contributed by atoms with E-state index in [-0.39, 0.29) is 18.6 Å². The van der Waals surface area contributed by atoms with Crippen LogP contribution >= 0.6 is 11.8 Å². The van der Waals surface area contributed by atoms with Crippen LogP contribution in [0, 0.1) is 0 Å². The Balaban J connectivity index is 1.59. The summed E-state index contributed by atoms with van der Waals surface area (Å²) < 4.78 is 16.9. The Bertz CT molecular complexity index is 944. The van der Waals surface area contributed by atoms with Gasteiger partial charge in [0.2, 0.25) is 11.8 Å². The number of carbonyl (C=O) groups excluding carboxylic acids is 1. The van der Waals surface area contributed by atoms with Crippen LogP contribution in [0.1, 0.15) is 46.1 Å². The third kappa shape index (κ3) is 12.0. The second-order valence-corrected chi connectivity index (χ2v) is 9.85. The predicted molar refractivity (Wildman–Crippen MR) is 139 cm³/mol. The monoisotopic (exact) mass is 504 g/mol. The zero-order chi connectivity index (χ0) is 25.5. The average Bonchev–Trinajstić information content (AvgIpc) is 3.27. The minimum absolute atomic E-state index is 0.0439. The van der Waals surface area contributed by atoms with Gasteiger partial charge in [0.1, 0.15) is 5.71 Å². The van der Waals surface area contributed by atoms with Gasteiger partial charge in [-0.15, -0.1) is 10.2 Å². The molecule has 2 aromatic rings. The molecular weight excluding hydrogens is 468 g/mol. The maximum absolute atomic E-state index is 11.6. The van der Waals surface area contributed by atoms with Gasteiger partial charge in [0.15, 0.2) is 0 Å². The van der Waals surface area contributed by atoms with Crippen LogP contribution in [0.25, 0.3) is 11.5 Å². The maximum Gasteiger partial charge on any atom is 0.277 e. The lowest BCUT2D eigenvalue weighted by Crippen LogP contribution is -2.31. The number of nitrogens with zero attached hydrogens (tertiary/aromatic N) is 4. The molecule has 0 saturated carbocycles. The Morgan fingerprint density at radius 3 is 2.63 bits per heavy atom. The molecule has 2 rings (SSSR count). The van der Waals surface area contributed by atoms with Crippen molar-refractivity contribution in [2.24, 2.45) is 15.9 Å². The number of ether oxygens (including phenoxy) is 2. The molecule has 1 amide bonds. The molecule has 0 unspecified atom stereocenters. The molecule has 0 aliphatic rings. The van der Waals surface area contributed by atoms with Crippen LogP contribution in [-0.2, 0) is 20.9 Å². The van der Waals surface area contributed by atoms with Gasteiger partial charge in [-0.1, -0.05) is 37.7 Å². The molecule has 0 fully saturated rings. The molecule has 0 saturated heterocycles. The highest BCUT2D eigenvalue weighted by Gasteiger charge is 2.10. The Morgan fingerprint density at radius 1 is 1.17 bits per heavy atom. The zero-order valence-electron chi connectivity index (χ0n) is 20.9. The van der Waals surface area contributed by atoms with Crippen molar-refractivity contribution in [1.29, 1.82) is 0 Å². The third-order valence-corrected chi connectivity index (χ3v) is 5.21. The topological polar surface area (TPSA) is 137 Å². The summed E-state index contributed by atoms with van der Waals surface area (Å²) in [7, 11) is 0. The number of nitrogens with two attached hydrogens (primary N) is 1. The highest BCUT2D eigenvalue weighted by molar-refractivity contribution is 7.99. The summed E-state index contributed by atoms with van der Waals surface area (Å²) in [6.07, 6.45) is 2.65. The van der Waals surface area contributed by atoms with Crippen molar-refractivity contribution < 1.29 is 18.7 Å². The van der Waals surface area contributed by atoms with Gasteiger partial charge in [0.05, 0.1) is 19.8 Å². The van der Waals surface area contributed by atoms with Gasteiger partial charge < -0.3 is 25.1 Å². The van der Waals surface area contributed by atoms with Crippen molar-refractivity contribution in [2.75, 3.05) is 26.4 Å². The standard InChI is InChI=1S/C24H36N6O4S/c1-17(2)27-22(31)10-13-33-16-21(28-25)14-26-11-5-12-32-15-19-6-8-20(9-7-19)23-29-30-24(34-23)35-18(3)4/h6-9,14,17-18H,5,10-13,15-16,25H2,1-4H3,(H,27,31). The number of hydrazone groups is 1. The fraction of sp³-hybridized carbons (Fsp3) is 0.542. The van der Waals surface area contributed by atoms with E-state index in [1.54, 1.807) is 18.0 Å². The van der Waals surface area contributed by atoms with Gasteiger partial charge in [-0.3, -0.25) is 9.79 Å². The van der Waals surface area contributed by atoms with Crippen LogP contribution in [0.4, 0.5) is 0 Å². The summed E-state index contributed by atoms with van der Waals surface area (Å²) in [5, 5.41) is 15.6. The number of carbonyl (C=O) groups is 1. The summed E-state index contributed by atoms with van der Waals surface area (Å²) in [6.45, 7) is 10.2. The van der Waals surface area contributed by atoms with Crippen LogP contribution < -0.4 is 11.2 Å². The normalized spacial score (nSPS) is 12.2. The van der Waals surface area contributed by atoms with Gasteiger partial charge in [-0.2, -0.15) is 5.10 Å². The first kappa shape index (κ1) is 28.5. The Kier molecular flexibility index (Phi) is 13.0. The predicted octanol–water partition coefficient (Wildman–Crippen LogP) is 3.46. The molecule has 0 atom stereocenters. The van der Waals surface area contributed by atoms with Gasteiger partial charge in [0.25, 0.3) is 5.22 Å². The van der Waals surface area contributed by atoms with E-state index >= 15 is 0 Å². The molecule has 1 aromatic carbocycles. The molecule has 1 aromatic heterocycles. The van der Waals surface area contributed by atoms with E-state index in [1.807, 2.05) is 38.1 Å². The molecule has 11 heteroatoms. The van der Waals surface area contributed by atoms with Crippen LogP contribution in [0.2, 0.25) is 0 Å². The van der Waals surface area contributed by atoms with Gasteiger partial charge in [-0.25, -0.2) is 0 Å². The van der Waals surface area contributed by atoms with E-state index in [0.717, 1.165) is 17.5 Å². The average molecular weight is 505 g/mol. The van der Waals surface area contributed by atoms with Crippen LogP contribution in [0.5, 0.6) is 0 Å². The number of hydrogen-bond donors (Lipinski definition) is 2. The van der Waals surface area contributed by atoms with E-state index in [4.69, 9.17) is 19.7 Å². The third-order valence-electron chi connectivity index (χ3n) is 4.37. The Labute approximate surface area is 211 Å². The van der Waals surface area contributed by atoms with Gasteiger partial charge in [-0.05, 0) is 38.0 Å². The highest BCUT2D eigenvalue weighted by atomic mass is 32.2. The quantitative estimate of drug-likeness (QED) is 0.117. The molecule has 10 nitrogen and oxygen atoms in total. The second-order valence-electron chi connectivity index (χ2n) is 8.32. The zero-order valence-corrected chi connectivity index (χ0v) is 21.7. The summed E-state index contributed by atoms with van der Waals surface area (Å²) in [6, 6.07) is 8.00. The number of rotatable bonds is 16. The first-order valence-electron chi connectivity index (χ1n) is 11.7. The first-order chi connectivity index (χ1) is 16.9. The number of hydrogen-bond acceptors (Lipinski definition) is 10. The highest BCUT2D eigenvalue weighted by Crippen LogP contribution is 2.25. The van der Waals surface area contributed by atoms with Crippen molar-refractivity contribution in [3.63, 3.8) is 0 Å². The van der Waals surface area contributed by atoms with E-state index in [0.29, 0.717) is 54.9 Å². The van der Waals surface area contributed by atoms with Crippen molar-refractivity contribution in [3.8, 4) is 11.5 Å². The number of aliphatic imine (C=N–C) groups is 1. The lowest BCUT2D eigenvalue weighted by molar-refractivity contribution is -0.122. The lowest BCUT2D eigenvalue weighted by atomic mass is 10.1. The SMILES string of the molecule is CC(C)NC(=O)CCOCC(C=NCCCOCc1ccc(-c2nnc(SC(C)C)o2)cc1)=NN. The van der Waals surface area contributed by atoms with Crippen molar-refractivity contribution in [2.45, 2.75) is 63.7 Å². The summed E-state index contributed by atoms with van der Waals surface area (Å²) >= 11 is 1.54. The van der Waals surface area contributed by atoms with Crippen LogP contribution in [0.3, 0.4) is 0 Å². The molecule has 0 radical (unpaired) electrons. The molecular formula is C24H36N6O4S. The number of nitrogens with one attached hydrogen (secondary N) is 1. The van der Waals surface area contributed by atoms with Gasteiger partial charge >= 0.3 is 0 Å². The molecule has 35 heavy (non-hydrogen) atoms. The minimum Gasteiger partial charge on any atom is -0.411 e. The minimum atomic E-state index is -0.0439. The molecule has 0 bridgehead atoms. The summed E-state index contributed by atoms with van der Waals surface area (Å²) in [5.74, 6) is 5.84. The van der Waals surface area contributed by atoms with E-state index in [2.05, 4.69) is 39.5 Å². The summed E-state index contributed by atoms with van der Waals surface area (Å²) in [5.41, 5.74) is 2.46. The van der Waals surface area contributed by atoms with Crippen molar-refractivity contribution in [3.05, 3.63) is 29.8 Å². The Morgan fingerprint density at radius 2 is 1.94 bits per heavy atom. The van der Waals surface area contributed by atoms with Crippen molar-refractivity contribution >= 4 is 29.6 Å². The molecule has 3 N–H and O–H groups in total. The van der Waals surface area contributed by atoms with Crippen LogP contribution in [-0.4, -0.2) is 65.7 Å². The molecule has 0 spiro atoms. The number of aromatic nitrogens is 2. The summed E-state index contributed by atoms with van der Waals surface area (Å²) in [4.78, 5) is 15.9. The van der Waals surface area contributed by atoms with E-state index in [1.165, 1.54) is 0 Å². The Hall–Kier alpha value is -2.76. The van der Waals surface area contributed by atoms with E-state index < -0.39 is 0 Å². The smallest absolute Gasteiger partial charge is 0.277 e. The maximum atomic E-state index is 11.6.